The van der Waals surface area contributed by atoms with E-state index in [2.05, 4.69) is 44.5 Å². The molecule has 0 amide bonds. The lowest BCUT2D eigenvalue weighted by Crippen LogP contribution is -2.45. The molecular formula is C51H100N2O6. The Labute approximate surface area is 366 Å². The second-order valence-electron chi connectivity index (χ2n) is 18.3. The molecule has 8 nitrogen and oxygen atoms in total. The lowest BCUT2D eigenvalue weighted by molar-refractivity contribution is -0.146. The highest BCUT2D eigenvalue weighted by Gasteiger charge is 2.18. The Morgan fingerprint density at radius 1 is 0.458 bits per heavy atom. The Morgan fingerprint density at radius 2 is 0.847 bits per heavy atom. The summed E-state index contributed by atoms with van der Waals surface area (Å²) < 4.78 is 23.9. The zero-order chi connectivity index (χ0) is 42.9. The van der Waals surface area contributed by atoms with Gasteiger partial charge in [0.25, 0.3) is 0 Å². The van der Waals surface area contributed by atoms with Crippen LogP contribution in [0.2, 0.25) is 0 Å². The lowest BCUT2D eigenvalue weighted by Gasteiger charge is -2.33. The van der Waals surface area contributed by atoms with Crippen LogP contribution in [-0.4, -0.2) is 101 Å². The molecule has 1 rings (SSSR count). The van der Waals surface area contributed by atoms with Gasteiger partial charge < -0.3 is 28.7 Å². The van der Waals surface area contributed by atoms with E-state index in [0.29, 0.717) is 44.5 Å². The van der Waals surface area contributed by atoms with E-state index in [0.717, 1.165) is 90.9 Å². The summed E-state index contributed by atoms with van der Waals surface area (Å²) in [6.45, 7) is 18.1. The fourth-order valence-electron chi connectivity index (χ4n) is 8.39. The van der Waals surface area contributed by atoms with Crippen LogP contribution in [0.15, 0.2) is 0 Å². The minimum Gasteiger partial charge on any atom is -0.466 e. The van der Waals surface area contributed by atoms with Crippen LogP contribution < -0.4 is 0 Å². The van der Waals surface area contributed by atoms with Crippen LogP contribution >= 0.6 is 0 Å². The molecule has 1 unspecified atom stereocenters. The molecule has 0 aromatic carbocycles. The Bertz CT molecular complexity index is 893. The third-order valence-corrected chi connectivity index (χ3v) is 12.5. The van der Waals surface area contributed by atoms with E-state index in [4.69, 9.17) is 18.9 Å². The highest BCUT2D eigenvalue weighted by Crippen LogP contribution is 2.23. The Hall–Kier alpha value is -1.22. The van der Waals surface area contributed by atoms with E-state index >= 15 is 0 Å². The smallest absolute Gasteiger partial charge is 0.306 e. The summed E-state index contributed by atoms with van der Waals surface area (Å²) in [5, 5.41) is 0. The van der Waals surface area contributed by atoms with Gasteiger partial charge in [0.2, 0.25) is 0 Å². The third-order valence-electron chi connectivity index (χ3n) is 12.5. The molecule has 59 heavy (non-hydrogen) atoms. The van der Waals surface area contributed by atoms with Gasteiger partial charge in [-0.2, -0.15) is 0 Å². The predicted molar refractivity (Wildman–Crippen MR) is 249 cm³/mol. The monoisotopic (exact) mass is 837 g/mol. The minimum atomic E-state index is 0.0166. The molecule has 0 aromatic heterocycles. The minimum absolute atomic E-state index is 0.0166. The predicted octanol–water partition coefficient (Wildman–Crippen LogP) is 13.1. The van der Waals surface area contributed by atoms with E-state index in [1.54, 1.807) is 0 Å². The van der Waals surface area contributed by atoms with Crippen molar-refractivity contribution >= 4 is 11.9 Å². The van der Waals surface area contributed by atoms with Crippen molar-refractivity contribution in [3.8, 4) is 0 Å². The van der Waals surface area contributed by atoms with Crippen molar-refractivity contribution in [2.45, 2.75) is 233 Å². The van der Waals surface area contributed by atoms with Gasteiger partial charge in [-0.1, -0.05) is 156 Å². The number of ether oxygens (including phenoxy) is 4. The van der Waals surface area contributed by atoms with Crippen molar-refractivity contribution in [2.24, 2.45) is 11.8 Å². The first kappa shape index (κ1) is 55.8. The zero-order valence-electron chi connectivity index (χ0n) is 40.1. The van der Waals surface area contributed by atoms with E-state index in [-0.39, 0.29) is 18.0 Å². The molecule has 0 bridgehead atoms. The molecular weight excluding hydrogens is 737 g/mol. The zero-order valence-corrected chi connectivity index (χ0v) is 40.1. The van der Waals surface area contributed by atoms with Crippen LogP contribution in [0, 0.1) is 11.8 Å². The Morgan fingerprint density at radius 3 is 1.27 bits per heavy atom. The summed E-state index contributed by atoms with van der Waals surface area (Å²) in [5.74, 6) is 1.04. The van der Waals surface area contributed by atoms with Gasteiger partial charge in [0.05, 0.1) is 25.9 Å². The maximum atomic E-state index is 12.5. The van der Waals surface area contributed by atoms with Crippen molar-refractivity contribution in [3.63, 3.8) is 0 Å². The molecule has 0 aromatic rings. The van der Waals surface area contributed by atoms with Gasteiger partial charge in [0.15, 0.2) is 0 Å². The van der Waals surface area contributed by atoms with E-state index in [1.807, 2.05) is 0 Å². The van der Waals surface area contributed by atoms with Crippen molar-refractivity contribution in [1.29, 1.82) is 0 Å². The molecule has 350 valence electrons. The van der Waals surface area contributed by atoms with Gasteiger partial charge in [-0.15, -0.1) is 0 Å². The molecule has 0 radical (unpaired) electrons. The van der Waals surface area contributed by atoms with Crippen LogP contribution in [0.1, 0.15) is 227 Å². The van der Waals surface area contributed by atoms with Gasteiger partial charge in [0.1, 0.15) is 0 Å². The Balaban J connectivity index is 2.19. The molecule has 1 fully saturated rings. The number of hydrogen-bond donors (Lipinski definition) is 0. The van der Waals surface area contributed by atoms with Crippen LogP contribution in [0.3, 0.4) is 0 Å². The van der Waals surface area contributed by atoms with Gasteiger partial charge in [-0.05, 0) is 76.7 Å². The van der Waals surface area contributed by atoms with Gasteiger partial charge >= 0.3 is 11.9 Å². The number of esters is 2. The molecule has 0 N–H and O–H groups in total. The first-order chi connectivity index (χ1) is 28.9. The molecule has 0 aliphatic carbocycles. The molecule has 1 aliphatic rings. The fraction of sp³-hybridized carbons (Fsp3) is 0.961. The average Bonchev–Trinajstić information content (AvgIpc) is 3.22. The number of piperazine rings is 1. The summed E-state index contributed by atoms with van der Waals surface area (Å²) in [6, 6.07) is 0. The van der Waals surface area contributed by atoms with Crippen molar-refractivity contribution in [2.75, 3.05) is 72.8 Å². The third kappa shape index (κ3) is 36.0. The van der Waals surface area contributed by atoms with E-state index in [9.17, 15) is 9.59 Å². The molecule has 1 atom stereocenters. The SMILES string of the molecule is CCCCCC(CCCCC)CC(=O)OCCCCCCCCOCC(CCN1CCN(C)CC1)OCCCCCCCCOC(=O)CC(CCCCC)CCCCC. The number of carbonyl (C=O) groups is 2. The molecule has 1 saturated heterocycles. The summed E-state index contributed by atoms with van der Waals surface area (Å²) >= 11 is 0. The van der Waals surface area contributed by atoms with E-state index < -0.39 is 0 Å². The van der Waals surface area contributed by atoms with Crippen LogP contribution in [0.25, 0.3) is 0 Å². The van der Waals surface area contributed by atoms with Crippen molar-refractivity contribution in [1.82, 2.24) is 9.80 Å². The summed E-state index contributed by atoms with van der Waals surface area (Å²) in [4.78, 5) is 30.0. The first-order valence-corrected chi connectivity index (χ1v) is 25.8. The number of rotatable bonds is 44. The standard InChI is InChI=1S/C51H100N2O6/c1-6-10-22-30-47(31-23-11-7-2)44-50(54)58-42-28-20-15-14-18-26-40-56-46-49(34-35-53-38-36-52(5)37-39-53)57-41-27-19-16-17-21-29-43-59-51(55)45-48(32-24-12-8-3)33-25-13-9-4/h47-49H,6-46H2,1-5H3. The van der Waals surface area contributed by atoms with Crippen molar-refractivity contribution in [3.05, 3.63) is 0 Å². The Kier molecular flexibility index (Phi) is 39.8. The topological polar surface area (TPSA) is 77.5 Å². The van der Waals surface area contributed by atoms with Gasteiger partial charge in [-0.25, -0.2) is 0 Å². The van der Waals surface area contributed by atoms with E-state index in [1.165, 1.54) is 141 Å². The van der Waals surface area contributed by atoms with Crippen LogP contribution in [0.5, 0.6) is 0 Å². The van der Waals surface area contributed by atoms with Crippen LogP contribution in [-0.2, 0) is 28.5 Å². The first-order valence-electron chi connectivity index (χ1n) is 25.8. The number of unbranched alkanes of at least 4 members (excludes halogenated alkanes) is 18. The van der Waals surface area contributed by atoms with Crippen molar-refractivity contribution < 1.29 is 28.5 Å². The number of nitrogens with zero attached hydrogens (tertiary/aromatic N) is 2. The lowest BCUT2D eigenvalue weighted by atomic mass is 9.92. The molecule has 1 heterocycles. The number of likely N-dealkylation sites (N-methyl/N-ethyl adjacent to an activating group) is 1. The molecule has 0 saturated carbocycles. The second-order valence-corrected chi connectivity index (χ2v) is 18.3. The summed E-state index contributed by atoms with van der Waals surface area (Å²) in [6.07, 6.45) is 35.6. The second kappa shape index (κ2) is 42.1. The number of carbonyl (C=O) groups excluding carboxylic acids is 2. The van der Waals surface area contributed by atoms with Crippen LogP contribution in [0.4, 0.5) is 0 Å². The largest absolute Gasteiger partial charge is 0.466 e. The number of hydrogen-bond acceptors (Lipinski definition) is 8. The summed E-state index contributed by atoms with van der Waals surface area (Å²) in [7, 11) is 2.21. The van der Waals surface area contributed by atoms with Gasteiger partial charge in [0, 0.05) is 58.8 Å². The van der Waals surface area contributed by atoms with Gasteiger partial charge in [-0.3, -0.25) is 9.59 Å². The average molecular weight is 837 g/mol. The molecule has 8 heteroatoms. The maximum absolute atomic E-state index is 12.5. The quantitative estimate of drug-likeness (QED) is 0.0444. The summed E-state index contributed by atoms with van der Waals surface area (Å²) in [5.41, 5.74) is 0. The normalized spacial score (nSPS) is 14.4. The maximum Gasteiger partial charge on any atom is 0.306 e. The molecule has 1 aliphatic heterocycles. The molecule has 0 spiro atoms. The highest BCUT2D eigenvalue weighted by molar-refractivity contribution is 5.70. The highest BCUT2D eigenvalue weighted by atomic mass is 16.5. The fourth-order valence-corrected chi connectivity index (χ4v) is 8.39.